The summed E-state index contributed by atoms with van der Waals surface area (Å²) in [5.74, 6) is 1.20. The van der Waals surface area contributed by atoms with Crippen LogP contribution in [0.1, 0.15) is 30.1 Å². The average Bonchev–Trinajstić information content (AvgIpc) is 3.21. The van der Waals surface area contributed by atoms with Crippen molar-refractivity contribution < 1.29 is 0 Å². The Morgan fingerprint density at radius 1 is 1.07 bits per heavy atom. The first-order valence-electron chi connectivity index (χ1n) is 10.4. The molecule has 4 aromatic rings. The molecule has 1 aliphatic rings. The predicted molar refractivity (Wildman–Crippen MR) is 117 cm³/mol. The molecule has 0 amide bonds. The zero-order valence-electron chi connectivity index (χ0n) is 16.7. The number of fused-ring (bicyclic) bond motifs is 2. The van der Waals surface area contributed by atoms with Gasteiger partial charge in [-0.3, -0.25) is 14.3 Å². The van der Waals surface area contributed by atoms with Crippen molar-refractivity contribution in [3.8, 4) is 6.07 Å². The topological polar surface area (TPSA) is 77.7 Å². The summed E-state index contributed by atoms with van der Waals surface area (Å²) in [5.41, 5.74) is 3.15. The number of nitrogens with one attached hydrogen (secondary N) is 1. The Balaban J connectivity index is 1.36. The summed E-state index contributed by atoms with van der Waals surface area (Å²) in [4.78, 5) is 23.3. The molecule has 2 aromatic heterocycles. The third-order valence-electron chi connectivity index (χ3n) is 6.18. The summed E-state index contributed by atoms with van der Waals surface area (Å²) >= 11 is 0. The number of H-pyrrole nitrogens is 1. The Hall–Kier alpha value is -3.43. The van der Waals surface area contributed by atoms with Gasteiger partial charge in [0, 0.05) is 17.1 Å². The fraction of sp³-hybridized carbons (Fsp3) is 0.292. The molecule has 6 heteroatoms. The lowest BCUT2D eigenvalue weighted by molar-refractivity contribution is 0.198. The second-order valence-electron chi connectivity index (χ2n) is 7.93. The van der Waals surface area contributed by atoms with E-state index in [9.17, 15) is 10.1 Å². The molecule has 30 heavy (non-hydrogen) atoms. The predicted octanol–water partition coefficient (Wildman–Crippen LogP) is 3.78. The van der Waals surface area contributed by atoms with Crippen LogP contribution >= 0.6 is 0 Å². The largest absolute Gasteiger partial charge is 0.361 e. The highest BCUT2D eigenvalue weighted by atomic mass is 16.1. The maximum atomic E-state index is 12.9. The van der Waals surface area contributed by atoms with Gasteiger partial charge in [-0.15, -0.1) is 0 Å². The normalized spacial score (nSPS) is 15.6. The Bertz CT molecular complexity index is 1300. The van der Waals surface area contributed by atoms with E-state index in [4.69, 9.17) is 4.98 Å². The van der Waals surface area contributed by atoms with Crippen LogP contribution < -0.4 is 5.56 Å². The lowest BCUT2D eigenvalue weighted by Crippen LogP contribution is -2.35. The maximum absolute atomic E-state index is 12.9. The number of para-hydroxylation sites is 2. The number of nitrogens with zero attached hydrogens (tertiary/aromatic N) is 4. The second kappa shape index (κ2) is 7.77. The van der Waals surface area contributed by atoms with Crippen LogP contribution in [0.25, 0.3) is 21.8 Å². The molecule has 0 saturated carbocycles. The summed E-state index contributed by atoms with van der Waals surface area (Å²) in [6.07, 6.45) is 4.29. The Kier molecular flexibility index (Phi) is 4.82. The van der Waals surface area contributed by atoms with Gasteiger partial charge in [0.2, 0.25) is 0 Å². The van der Waals surface area contributed by atoms with E-state index in [1.165, 1.54) is 21.0 Å². The van der Waals surface area contributed by atoms with Crippen molar-refractivity contribution >= 4 is 21.8 Å². The van der Waals surface area contributed by atoms with Crippen LogP contribution in [0.2, 0.25) is 0 Å². The SMILES string of the molecule is N#CCn1c(CN2CCC(c3c[nH]c4ccccc34)CC2)nc2ccccc2c1=O. The molecule has 0 spiro atoms. The summed E-state index contributed by atoms with van der Waals surface area (Å²) in [6.45, 7) is 2.50. The zero-order chi connectivity index (χ0) is 20.5. The number of likely N-dealkylation sites (tertiary alicyclic amines) is 1. The molecule has 2 aromatic carbocycles. The first kappa shape index (κ1) is 18.6. The van der Waals surface area contributed by atoms with E-state index in [2.05, 4.69) is 46.4 Å². The van der Waals surface area contributed by atoms with E-state index < -0.39 is 0 Å². The van der Waals surface area contributed by atoms with Crippen molar-refractivity contribution in [3.05, 3.63) is 76.5 Å². The number of hydrogen-bond acceptors (Lipinski definition) is 4. The van der Waals surface area contributed by atoms with Gasteiger partial charge in [-0.05, 0) is 55.6 Å². The summed E-state index contributed by atoms with van der Waals surface area (Å²) in [5, 5.41) is 11.1. The number of aromatic nitrogens is 3. The quantitative estimate of drug-likeness (QED) is 0.568. The molecule has 6 nitrogen and oxygen atoms in total. The molecule has 0 aliphatic carbocycles. The standard InChI is InChI=1S/C24H23N5O/c25-11-14-29-23(27-22-8-4-2-6-19(22)24(29)30)16-28-12-9-17(10-13-28)20-15-26-21-7-3-1-5-18(20)21/h1-8,15,17,26H,9-10,12-14,16H2. The summed E-state index contributed by atoms with van der Waals surface area (Å²) in [7, 11) is 0. The molecular formula is C24H23N5O. The molecule has 1 fully saturated rings. The van der Waals surface area contributed by atoms with Crippen molar-refractivity contribution in [1.29, 1.82) is 5.26 Å². The minimum Gasteiger partial charge on any atom is -0.361 e. The first-order chi connectivity index (χ1) is 14.7. The fourth-order valence-corrected chi connectivity index (χ4v) is 4.60. The van der Waals surface area contributed by atoms with Crippen molar-refractivity contribution in [1.82, 2.24) is 19.4 Å². The molecular weight excluding hydrogens is 374 g/mol. The molecule has 0 radical (unpaired) electrons. The van der Waals surface area contributed by atoms with E-state index >= 15 is 0 Å². The van der Waals surface area contributed by atoms with Gasteiger partial charge < -0.3 is 4.98 Å². The van der Waals surface area contributed by atoms with Crippen molar-refractivity contribution in [2.45, 2.75) is 31.8 Å². The monoisotopic (exact) mass is 397 g/mol. The zero-order valence-corrected chi connectivity index (χ0v) is 16.7. The van der Waals surface area contributed by atoms with Crippen LogP contribution in [0.5, 0.6) is 0 Å². The van der Waals surface area contributed by atoms with Gasteiger partial charge in [-0.25, -0.2) is 4.98 Å². The van der Waals surface area contributed by atoms with Gasteiger partial charge in [0.25, 0.3) is 5.56 Å². The van der Waals surface area contributed by atoms with Crippen LogP contribution in [0.3, 0.4) is 0 Å². The van der Waals surface area contributed by atoms with Crippen molar-refractivity contribution in [3.63, 3.8) is 0 Å². The number of rotatable bonds is 4. The van der Waals surface area contributed by atoms with Crippen LogP contribution in [0, 0.1) is 11.3 Å². The van der Waals surface area contributed by atoms with E-state index in [1.54, 1.807) is 6.07 Å². The minimum atomic E-state index is -0.133. The van der Waals surface area contributed by atoms with Gasteiger partial charge >= 0.3 is 0 Å². The number of aromatic amines is 1. The highest BCUT2D eigenvalue weighted by Crippen LogP contribution is 2.33. The number of piperidine rings is 1. The fourth-order valence-electron chi connectivity index (χ4n) is 4.60. The van der Waals surface area contributed by atoms with Gasteiger partial charge in [0.1, 0.15) is 12.4 Å². The number of benzene rings is 2. The van der Waals surface area contributed by atoms with E-state index in [-0.39, 0.29) is 12.1 Å². The molecule has 0 bridgehead atoms. The Labute approximate surface area is 174 Å². The van der Waals surface area contributed by atoms with E-state index in [1.807, 2.05) is 18.2 Å². The first-order valence-corrected chi connectivity index (χ1v) is 10.4. The maximum Gasteiger partial charge on any atom is 0.262 e. The molecule has 5 rings (SSSR count). The molecule has 1 saturated heterocycles. The van der Waals surface area contributed by atoms with Crippen molar-refractivity contribution in [2.75, 3.05) is 13.1 Å². The number of nitriles is 1. The Morgan fingerprint density at radius 3 is 2.60 bits per heavy atom. The molecule has 0 unspecified atom stereocenters. The molecule has 1 N–H and O–H groups in total. The van der Waals surface area contributed by atoms with Crippen molar-refractivity contribution in [2.24, 2.45) is 0 Å². The lowest BCUT2D eigenvalue weighted by atomic mass is 9.89. The van der Waals surface area contributed by atoms with Crippen LogP contribution in [-0.4, -0.2) is 32.5 Å². The lowest BCUT2D eigenvalue weighted by Gasteiger charge is -2.32. The molecule has 150 valence electrons. The van der Waals surface area contributed by atoms with Gasteiger partial charge in [-0.1, -0.05) is 30.3 Å². The summed E-state index contributed by atoms with van der Waals surface area (Å²) in [6, 6.07) is 17.9. The molecule has 3 heterocycles. The van der Waals surface area contributed by atoms with Crippen LogP contribution in [0.15, 0.2) is 59.5 Å². The third-order valence-corrected chi connectivity index (χ3v) is 6.18. The highest BCUT2D eigenvalue weighted by Gasteiger charge is 2.24. The van der Waals surface area contributed by atoms with E-state index in [0.29, 0.717) is 29.2 Å². The molecule has 0 atom stereocenters. The van der Waals surface area contributed by atoms with E-state index in [0.717, 1.165) is 25.9 Å². The van der Waals surface area contributed by atoms with Gasteiger partial charge in [-0.2, -0.15) is 5.26 Å². The Morgan fingerprint density at radius 2 is 1.80 bits per heavy atom. The highest BCUT2D eigenvalue weighted by molar-refractivity contribution is 5.83. The third kappa shape index (κ3) is 3.27. The van der Waals surface area contributed by atoms with Gasteiger partial charge in [0.05, 0.1) is 23.5 Å². The minimum absolute atomic E-state index is 0.0256. The summed E-state index contributed by atoms with van der Waals surface area (Å²) < 4.78 is 1.52. The molecule has 1 aliphatic heterocycles. The smallest absolute Gasteiger partial charge is 0.262 e. The van der Waals surface area contributed by atoms with Crippen LogP contribution in [0.4, 0.5) is 0 Å². The number of hydrogen-bond donors (Lipinski definition) is 1. The second-order valence-corrected chi connectivity index (χ2v) is 7.93. The average molecular weight is 397 g/mol. The van der Waals surface area contributed by atoms with Crippen LogP contribution in [-0.2, 0) is 13.1 Å². The van der Waals surface area contributed by atoms with Gasteiger partial charge in [0.15, 0.2) is 0 Å².